The second-order valence-electron chi connectivity index (χ2n) is 8.59. The highest BCUT2D eigenvalue weighted by molar-refractivity contribution is 7.16. The van der Waals surface area contributed by atoms with Crippen molar-refractivity contribution < 1.29 is 5.11 Å². The molecule has 1 N–H and O–H groups in total. The van der Waals surface area contributed by atoms with E-state index in [-0.39, 0.29) is 0 Å². The lowest BCUT2D eigenvalue weighted by Gasteiger charge is -2.05. The largest absolute Gasteiger partial charge is 0.378 e. The van der Waals surface area contributed by atoms with Gasteiger partial charge >= 0.3 is 0 Å². The van der Waals surface area contributed by atoms with Gasteiger partial charge in [-0.05, 0) is 69.0 Å². The van der Waals surface area contributed by atoms with Crippen LogP contribution < -0.4 is 0 Å². The smallest absolute Gasteiger partial charge is 0.242 e. The van der Waals surface area contributed by atoms with Gasteiger partial charge in [0.1, 0.15) is 5.60 Å². The van der Waals surface area contributed by atoms with Gasteiger partial charge in [0.15, 0.2) is 0 Å². The van der Waals surface area contributed by atoms with Crippen LogP contribution in [0.2, 0.25) is 0 Å². The molecule has 0 amide bonds. The molecule has 184 valence electrons. The van der Waals surface area contributed by atoms with Crippen LogP contribution in [0.3, 0.4) is 0 Å². The van der Waals surface area contributed by atoms with Gasteiger partial charge in [0.25, 0.3) is 0 Å². The Labute approximate surface area is 232 Å². The monoisotopic (exact) mass is 537 g/mol. The first kappa shape index (κ1) is 28.1. The van der Waals surface area contributed by atoms with Crippen LogP contribution in [0.4, 0.5) is 5.00 Å². The Bertz CT molecular complexity index is 1570. The molecule has 0 spiro atoms. The molecular weight excluding hydrogens is 511 g/mol. The summed E-state index contributed by atoms with van der Waals surface area (Å²) in [5.74, 6) is 25.6. The second-order valence-corrected chi connectivity index (χ2v) is 11.8. The normalized spacial score (nSPS) is 10.8. The van der Waals surface area contributed by atoms with Crippen LogP contribution in [-0.2, 0) is 0 Å². The Morgan fingerprint density at radius 1 is 0.730 bits per heavy atom. The highest BCUT2D eigenvalue weighted by Gasteiger charge is 2.06. The van der Waals surface area contributed by atoms with Crippen LogP contribution in [0.15, 0.2) is 47.5 Å². The fourth-order valence-corrected chi connectivity index (χ4v) is 5.16. The zero-order valence-corrected chi connectivity index (χ0v) is 23.9. The molecule has 0 bridgehead atoms. The standard InChI is InChI=1S/C32H27NOS3/c1-6-8-24(10-12-26-14-15-28(35-26)16-18-29-20-21-31(33-5)37-29)25(9-7-2)11-13-27-17-19-30(36-27)22-23-32(3,4)34/h14-15,17,19-21,34H,6-9H2,1-4H3/b25-24+. The van der Waals surface area contributed by atoms with E-state index in [0.29, 0.717) is 5.00 Å². The van der Waals surface area contributed by atoms with E-state index in [0.717, 1.165) is 61.2 Å². The van der Waals surface area contributed by atoms with Crippen LogP contribution in [0.25, 0.3) is 4.85 Å². The summed E-state index contributed by atoms with van der Waals surface area (Å²) < 4.78 is 0. The first-order chi connectivity index (χ1) is 17.8. The van der Waals surface area contributed by atoms with Gasteiger partial charge in [-0.15, -0.1) is 34.0 Å². The molecule has 0 aliphatic rings. The highest BCUT2D eigenvalue weighted by Crippen LogP contribution is 2.24. The van der Waals surface area contributed by atoms with Crippen LogP contribution >= 0.6 is 34.0 Å². The molecule has 0 atom stereocenters. The van der Waals surface area contributed by atoms with Crippen LogP contribution in [0, 0.1) is 53.9 Å². The Morgan fingerprint density at radius 2 is 1.16 bits per heavy atom. The summed E-state index contributed by atoms with van der Waals surface area (Å²) in [5, 5.41) is 10.5. The van der Waals surface area contributed by atoms with Gasteiger partial charge in [0, 0.05) is 11.1 Å². The molecule has 0 radical (unpaired) electrons. The van der Waals surface area contributed by atoms with Crippen LogP contribution in [0.5, 0.6) is 0 Å². The predicted molar refractivity (Wildman–Crippen MR) is 159 cm³/mol. The minimum absolute atomic E-state index is 0.655. The average Bonchev–Trinajstić information content (AvgIpc) is 3.62. The minimum Gasteiger partial charge on any atom is -0.378 e. The molecule has 0 aliphatic carbocycles. The number of hydrogen-bond donors (Lipinski definition) is 1. The van der Waals surface area contributed by atoms with Crippen molar-refractivity contribution in [2.24, 2.45) is 0 Å². The quantitative estimate of drug-likeness (QED) is 0.263. The van der Waals surface area contributed by atoms with Crippen LogP contribution in [0.1, 0.15) is 77.8 Å². The maximum Gasteiger partial charge on any atom is 0.242 e. The molecule has 0 saturated carbocycles. The minimum atomic E-state index is -1.01. The molecule has 3 aromatic heterocycles. The molecule has 0 aromatic carbocycles. The number of nitrogens with zero attached hydrogens (tertiary/aromatic N) is 1. The fraction of sp³-hybridized carbons (Fsp3) is 0.281. The van der Waals surface area contributed by atoms with Gasteiger partial charge < -0.3 is 5.11 Å². The second kappa shape index (κ2) is 13.7. The van der Waals surface area contributed by atoms with E-state index in [4.69, 9.17) is 6.57 Å². The third-order valence-electron chi connectivity index (χ3n) is 4.75. The Balaban J connectivity index is 1.83. The summed E-state index contributed by atoms with van der Waals surface area (Å²) in [7, 11) is 0. The summed E-state index contributed by atoms with van der Waals surface area (Å²) in [4.78, 5) is 8.11. The Hall–Kier alpha value is -3.47. The number of rotatable bonds is 4. The molecule has 2 nitrogen and oxygen atoms in total. The number of aliphatic hydroxyl groups is 1. The molecule has 3 heterocycles. The lowest BCUT2D eigenvalue weighted by atomic mass is 10.0. The van der Waals surface area contributed by atoms with Crippen molar-refractivity contribution in [2.45, 2.75) is 59.0 Å². The lowest BCUT2D eigenvalue weighted by molar-refractivity contribution is 0.143. The third kappa shape index (κ3) is 9.49. The van der Waals surface area contributed by atoms with Gasteiger partial charge in [-0.1, -0.05) is 68.1 Å². The molecule has 37 heavy (non-hydrogen) atoms. The van der Waals surface area contributed by atoms with E-state index in [1.165, 1.54) is 22.7 Å². The molecule has 0 saturated heterocycles. The van der Waals surface area contributed by atoms with Crippen molar-refractivity contribution in [3.8, 4) is 47.4 Å². The lowest BCUT2D eigenvalue weighted by Crippen LogP contribution is -2.14. The summed E-state index contributed by atoms with van der Waals surface area (Å²) in [6, 6.07) is 11.6. The van der Waals surface area contributed by atoms with Gasteiger partial charge in [0.05, 0.1) is 31.0 Å². The molecule has 0 aliphatic heterocycles. The van der Waals surface area contributed by atoms with E-state index in [1.807, 2.05) is 30.3 Å². The molecule has 0 fully saturated rings. The zero-order valence-electron chi connectivity index (χ0n) is 21.4. The van der Waals surface area contributed by atoms with Crippen molar-refractivity contribution in [1.29, 1.82) is 0 Å². The average molecular weight is 538 g/mol. The maximum absolute atomic E-state index is 9.82. The summed E-state index contributed by atoms with van der Waals surface area (Å²) in [5.41, 5.74) is 1.19. The van der Waals surface area contributed by atoms with Gasteiger partial charge in [-0.3, -0.25) is 0 Å². The SMILES string of the molecule is [C-]#[N+]c1ccc(C#Cc2ccc(C#C/C(CCC)=C(/C#Cc3ccc(C#CC(C)(C)O)s3)CCC)s2)s1. The summed E-state index contributed by atoms with van der Waals surface area (Å²) in [6.45, 7) is 14.8. The summed E-state index contributed by atoms with van der Waals surface area (Å²) in [6.07, 6.45) is 3.79. The molecular formula is C32H27NOS3. The number of hydrogen-bond acceptors (Lipinski definition) is 4. The third-order valence-corrected chi connectivity index (χ3v) is 7.48. The van der Waals surface area contributed by atoms with Crippen molar-refractivity contribution in [3.63, 3.8) is 0 Å². The molecule has 0 unspecified atom stereocenters. The number of allylic oxidation sites excluding steroid dienone is 2. The van der Waals surface area contributed by atoms with E-state index >= 15 is 0 Å². The number of thiophene rings is 3. The topological polar surface area (TPSA) is 24.6 Å². The fourth-order valence-electron chi connectivity index (χ4n) is 3.09. The Morgan fingerprint density at radius 3 is 1.59 bits per heavy atom. The highest BCUT2D eigenvalue weighted by atomic mass is 32.1. The van der Waals surface area contributed by atoms with Crippen molar-refractivity contribution >= 4 is 39.0 Å². The van der Waals surface area contributed by atoms with Gasteiger partial charge in [0.2, 0.25) is 5.00 Å². The van der Waals surface area contributed by atoms with E-state index in [2.05, 4.69) is 66.1 Å². The molecule has 3 rings (SSSR count). The molecule has 5 heteroatoms. The van der Waals surface area contributed by atoms with Gasteiger partial charge in [-0.2, -0.15) is 0 Å². The predicted octanol–water partition coefficient (Wildman–Crippen LogP) is 8.24. The first-order valence-corrected chi connectivity index (χ1v) is 14.4. The van der Waals surface area contributed by atoms with Crippen molar-refractivity contribution in [1.82, 2.24) is 0 Å². The maximum atomic E-state index is 9.82. The zero-order chi connectivity index (χ0) is 26.7. The molecule has 3 aromatic rings. The first-order valence-electron chi connectivity index (χ1n) is 12.0. The van der Waals surface area contributed by atoms with Crippen molar-refractivity contribution in [3.05, 3.63) is 83.3 Å². The summed E-state index contributed by atoms with van der Waals surface area (Å²) >= 11 is 4.52. The van der Waals surface area contributed by atoms with Crippen LogP contribution in [-0.4, -0.2) is 10.7 Å². The van der Waals surface area contributed by atoms with Crippen molar-refractivity contribution in [2.75, 3.05) is 0 Å². The van der Waals surface area contributed by atoms with E-state index in [9.17, 15) is 5.11 Å². The van der Waals surface area contributed by atoms with Gasteiger partial charge in [-0.25, -0.2) is 4.85 Å². The van der Waals surface area contributed by atoms with E-state index < -0.39 is 5.60 Å². The Kier molecular flexibility index (Phi) is 10.4. The van der Waals surface area contributed by atoms with E-state index in [1.54, 1.807) is 31.3 Å².